The maximum Gasteiger partial charge on any atom is 0.253 e. The van der Waals surface area contributed by atoms with E-state index in [1.165, 1.54) is 0 Å². The van der Waals surface area contributed by atoms with E-state index in [4.69, 9.17) is 9.47 Å². The highest BCUT2D eigenvalue weighted by molar-refractivity contribution is 5.94. The van der Waals surface area contributed by atoms with E-state index in [2.05, 4.69) is 10.6 Å². The van der Waals surface area contributed by atoms with Crippen LogP contribution in [0.15, 0.2) is 97.1 Å². The van der Waals surface area contributed by atoms with Gasteiger partial charge in [-0.1, -0.05) is 66.7 Å². The molecule has 2 bridgehead atoms. The van der Waals surface area contributed by atoms with E-state index in [1.807, 2.05) is 72.8 Å². The molecule has 51 heavy (non-hydrogen) atoms. The summed E-state index contributed by atoms with van der Waals surface area (Å²) in [5, 5.41) is 8.35. The number of hydrogen-bond acceptors (Lipinski definition) is 6. The second-order valence-electron chi connectivity index (χ2n) is 13.4. The highest BCUT2D eigenvalue weighted by atomic mass is 16.5. The molecule has 0 aliphatic carbocycles. The van der Waals surface area contributed by atoms with Gasteiger partial charge in [0.05, 0.1) is 19.1 Å². The predicted octanol–water partition coefficient (Wildman–Crippen LogP) is 5.15. The fourth-order valence-corrected chi connectivity index (χ4v) is 6.85. The van der Waals surface area contributed by atoms with Crippen LogP contribution in [0.25, 0.3) is 10.8 Å². The molecule has 266 valence electrons. The minimum absolute atomic E-state index is 0.120. The van der Waals surface area contributed by atoms with Gasteiger partial charge in [0.15, 0.2) is 0 Å². The van der Waals surface area contributed by atoms with Crippen LogP contribution in [0.2, 0.25) is 0 Å². The molecule has 2 N–H and O–H groups in total. The highest BCUT2D eigenvalue weighted by Crippen LogP contribution is 2.24. The number of nitrogens with zero attached hydrogens (tertiary/aromatic N) is 2. The fourth-order valence-electron chi connectivity index (χ4n) is 6.85. The Morgan fingerprint density at radius 2 is 1.67 bits per heavy atom. The lowest BCUT2D eigenvalue weighted by molar-refractivity contribution is -0.138. The number of carbonyl (C=O) groups excluding carboxylic acids is 4. The molecular weight excluding hydrogens is 644 g/mol. The van der Waals surface area contributed by atoms with Crippen LogP contribution >= 0.6 is 0 Å². The van der Waals surface area contributed by atoms with E-state index in [0.29, 0.717) is 63.1 Å². The second-order valence-corrected chi connectivity index (χ2v) is 13.4. The van der Waals surface area contributed by atoms with E-state index < -0.39 is 6.04 Å². The molecule has 1 fully saturated rings. The van der Waals surface area contributed by atoms with Crippen molar-refractivity contribution in [3.63, 3.8) is 0 Å². The van der Waals surface area contributed by atoms with Gasteiger partial charge in [-0.15, -0.1) is 0 Å². The van der Waals surface area contributed by atoms with Gasteiger partial charge in [-0.05, 0) is 78.8 Å². The Morgan fingerprint density at radius 1 is 0.863 bits per heavy atom. The maximum atomic E-state index is 14.3. The first kappa shape index (κ1) is 35.4. The molecule has 10 heteroatoms. The minimum atomic E-state index is -0.781. The van der Waals surface area contributed by atoms with Crippen LogP contribution in [0.1, 0.15) is 54.4 Å². The Balaban J connectivity index is 1.12. The first-order chi connectivity index (χ1) is 24.8. The van der Waals surface area contributed by atoms with Crippen molar-refractivity contribution in [3.05, 3.63) is 108 Å². The molecule has 0 radical (unpaired) electrons. The van der Waals surface area contributed by atoms with Crippen molar-refractivity contribution in [2.75, 3.05) is 33.4 Å². The molecule has 3 atom stereocenters. The Morgan fingerprint density at radius 3 is 2.51 bits per heavy atom. The van der Waals surface area contributed by atoms with Crippen molar-refractivity contribution in [2.24, 2.45) is 0 Å². The molecule has 2 aliphatic rings. The Bertz CT molecular complexity index is 1830. The number of amides is 4. The molecule has 10 nitrogen and oxygen atoms in total. The fraction of sp³-hybridized carbons (Fsp3) is 0.366. The zero-order chi connectivity index (χ0) is 35.6. The van der Waals surface area contributed by atoms with Crippen molar-refractivity contribution in [1.29, 1.82) is 0 Å². The molecule has 0 spiro atoms. The molecule has 4 aromatic rings. The number of unbranched alkanes of at least 4 members (excludes halogenated alkanes) is 1. The minimum Gasteiger partial charge on any atom is -0.494 e. The Labute approximate surface area is 299 Å². The third kappa shape index (κ3) is 9.66. The summed E-state index contributed by atoms with van der Waals surface area (Å²) in [6.45, 7) is 1.39. The van der Waals surface area contributed by atoms with Gasteiger partial charge in [-0.25, -0.2) is 0 Å². The largest absolute Gasteiger partial charge is 0.494 e. The molecule has 0 saturated carbocycles. The predicted molar refractivity (Wildman–Crippen MR) is 196 cm³/mol. The van der Waals surface area contributed by atoms with Crippen molar-refractivity contribution in [1.82, 2.24) is 20.4 Å². The normalized spacial score (nSPS) is 19.5. The summed E-state index contributed by atoms with van der Waals surface area (Å²) in [5.74, 6) is 0.638. The van der Waals surface area contributed by atoms with Crippen LogP contribution in [-0.2, 0) is 20.8 Å². The highest BCUT2D eigenvalue weighted by Gasteiger charge is 2.39. The zero-order valence-electron chi connectivity index (χ0n) is 29.1. The second kappa shape index (κ2) is 17.0. The molecule has 6 rings (SSSR count). The summed E-state index contributed by atoms with van der Waals surface area (Å²) in [6.07, 6.45) is 3.17. The number of rotatable bonds is 10. The Kier molecular flexibility index (Phi) is 11.8. The first-order valence-corrected chi connectivity index (χ1v) is 17.9. The van der Waals surface area contributed by atoms with Gasteiger partial charge in [-0.2, -0.15) is 0 Å². The third-order valence-electron chi connectivity index (χ3n) is 9.54. The quantitative estimate of drug-likeness (QED) is 0.223. The van der Waals surface area contributed by atoms with Gasteiger partial charge in [0.25, 0.3) is 5.91 Å². The summed E-state index contributed by atoms with van der Waals surface area (Å²) in [4.78, 5) is 57.3. The third-order valence-corrected chi connectivity index (χ3v) is 9.54. The van der Waals surface area contributed by atoms with Gasteiger partial charge < -0.3 is 29.9 Å². The monoisotopic (exact) mass is 690 g/mol. The summed E-state index contributed by atoms with van der Waals surface area (Å²) < 4.78 is 11.9. The average Bonchev–Trinajstić information content (AvgIpc) is 3.54. The van der Waals surface area contributed by atoms with Crippen LogP contribution in [0.4, 0.5) is 0 Å². The van der Waals surface area contributed by atoms with Gasteiger partial charge in [0.2, 0.25) is 17.7 Å². The molecule has 4 amide bonds. The van der Waals surface area contributed by atoms with Gasteiger partial charge in [0, 0.05) is 38.2 Å². The standard InChI is InChI=1S/C41H46N4O6/c1-44-21-10-17-37(43-38(46)18-7-8-22-50-35-14-3-2-4-15-35)41(49)45-27-33(26-34(45)28-51-36-16-9-13-32(25-36)40(44)48)42-39(47)24-29-19-20-30-11-5-6-12-31(30)23-29/h2-6,9,11-16,19-20,23,25,33-34,37H,7-8,10,17-18,21-22,24,26-28H2,1H3,(H,42,47)(H,43,46)/t33-,34-,37-/m0/s1. The zero-order valence-corrected chi connectivity index (χ0v) is 29.1. The maximum absolute atomic E-state index is 14.3. The van der Waals surface area contributed by atoms with Crippen molar-refractivity contribution >= 4 is 34.4 Å². The lowest BCUT2D eigenvalue weighted by atomic mass is 10.0. The van der Waals surface area contributed by atoms with E-state index in [1.54, 1.807) is 41.1 Å². The number of fused-ring (bicyclic) bond motifs is 4. The Hall–Kier alpha value is -5.38. The van der Waals surface area contributed by atoms with Crippen LogP contribution in [0.5, 0.6) is 11.5 Å². The molecule has 2 aliphatic heterocycles. The van der Waals surface area contributed by atoms with Crippen LogP contribution in [0, 0.1) is 0 Å². The van der Waals surface area contributed by atoms with Crippen molar-refractivity contribution < 1.29 is 28.7 Å². The van der Waals surface area contributed by atoms with Crippen molar-refractivity contribution in [3.8, 4) is 11.5 Å². The summed E-state index contributed by atoms with van der Waals surface area (Å²) in [6, 6.07) is 29.3. The number of hydrogen-bond donors (Lipinski definition) is 2. The van der Waals surface area contributed by atoms with E-state index in [-0.39, 0.29) is 55.2 Å². The smallest absolute Gasteiger partial charge is 0.253 e. The molecule has 4 aromatic carbocycles. The number of nitrogens with one attached hydrogen (secondary N) is 2. The van der Waals surface area contributed by atoms with Crippen LogP contribution in [0.3, 0.4) is 0 Å². The number of para-hydroxylation sites is 1. The van der Waals surface area contributed by atoms with E-state index in [9.17, 15) is 19.2 Å². The average molecular weight is 691 g/mol. The molecule has 1 saturated heterocycles. The summed E-state index contributed by atoms with van der Waals surface area (Å²) in [5.41, 5.74) is 1.43. The van der Waals surface area contributed by atoms with Gasteiger partial charge in [-0.3, -0.25) is 19.2 Å². The van der Waals surface area contributed by atoms with Crippen molar-refractivity contribution in [2.45, 2.75) is 63.1 Å². The molecule has 0 unspecified atom stereocenters. The van der Waals surface area contributed by atoms with E-state index in [0.717, 1.165) is 22.1 Å². The van der Waals surface area contributed by atoms with Crippen LogP contribution in [-0.4, -0.2) is 84.9 Å². The van der Waals surface area contributed by atoms with Gasteiger partial charge in [0.1, 0.15) is 24.1 Å². The molecular formula is C41H46N4O6. The summed E-state index contributed by atoms with van der Waals surface area (Å²) in [7, 11) is 1.73. The molecule has 2 heterocycles. The molecule has 0 aromatic heterocycles. The summed E-state index contributed by atoms with van der Waals surface area (Å²) >= 11 is 0. The lowest BCUT2D eigenvalue weighted by Gasteiger charge is -2.30. The lowest BCUT2D eigenvalue weighted by Crippen LogP contribution is -2.52. The van der Waals surface area contributed by atoms with E-state index >= 15 is 0 Å². The number of carbonyl (C=O) groups is 4. The SMILES string of the molecule is CN1CCC[C@H](NC(=O)CCCCOc2ccccc2)C(=O)N2C[C@@H](NC(=O)Cc3ccc4ccccc4c3)C[C@H]2COc2cccc(c2)C1=O. The van der Waals surface area contributed by atoms with Crippen LogP contribution < -0.4 is 20.1 Å². The number of ether oxygens (including phenoxy) is 2. The first-order valence-electron chi connectivity index (χ1n) is 17.9. The number of benzene rings is 4. The topological polar surface area (TPSA) is 117 Å². The van der Waals surface area contributed by atoms with Gasteiger partial charge >= 0.3 is 0 Å².